The third-order valence-corrected chi connectivity index (χ3v) is 4.50. The van der Waals surface area contributed by atoms with Gasteiger partial charge in [-0.3, -0.25) is 4.68 Å². The van der Waals surface area contributed by atoms with E-state index in [2.05, 4.69) is 51.0 Å². The van der Waals surface area contributed by atoms with E-state index in [0.717, 1.165) is 22.2 Å². The lowest BCUT2D eigenvalue weighted by Gasteiger charge is -2.06. The zero-order chi connectivity index (χ0) is 14.9. The lowest BCUT2D eigenvalue weighted by Crippen LogP contribution is -1.95. The molecular weight excluding hydrogens is 266 g/mol. The van der Waals surface area contributed by atoms with E-state index in [4.69, 9.17) is 5.73 Å². The van der Waals surface area contributed by atoms with Crippen LogP contribution in [-0.4, -0.2) is 9.78 Å². The summed E-state index contributed by atoms with van der Waals surface area (Å²) in [5.74, 6) is 1.28. The van der Waals surface area contributed by atoms with Crippen LogP contribution in [0.3, 0.4) is 0 Å². The first-order valence-corrected chi connectivity index (χ1v) is 7.89. The van der Waals surface area contributed by atoms with E-state index in [1.165, 1.54) is 16.7 Å². The summed E-state index contributed by atoms with van der Waals surface area (Å²) in [6, 6.07) is 6.66. The highest BCUT2D eigenvalue weighted by atomic mass is 32.2. The van der Waals surface area contributed by atoms with Gasteiger partial charge in [-0.2, -0.15) is 5.10 Å². The van der Waals surface area contributed by atoms with Crippen molar-refractivity contribution in [3.05, 3.63) is 40.6 Å². The monoisotopic (exact) mass is 289 g/mol. The van der Waals surface area contributed by atoms with Gasteiger partial charge in [-0.15, -0.1) is 0 Å². The molecule has 0 atom stereocenters. The standard InChI is InChI=1S/C16H23N3S/c1-10(2)15-14(17)16(19(5)18-15)20-9-13-7-11(3)6-12(4)8-13/h6-8,10H,9,17H2,1-5H3. The average Bonchev–Trinajstić information content (AvgIpc) is 2.61. The molecule has 1 aromatic carbocycles. The molecule has 0 aliphatic heterocycles. The summed E-state index contributed by atoms with van der Waals surface area (Å²) in [5, 5.41) is 5.59. The Labute approximate surface area is 125 Å². The number of aryl methyl sites for hydroxylation is 3. The van der Waals surface area contributed by atoms with Crippen LogP contribution >= 0.6 is 11.8 Å². The molecule has 2 N–H and O–H groups in total. The van der Waals surface area contributed by atoms with Crippen LogP contribution in [-0.2, 0) is 12.8 Å². The molecule has 0 bridgehead atoms. The van der Waals surface area contributed by atoms with Crippen LogP contribution < -0.4 is 5.73 Å². The maximum Gasteiger partial charge on any atom is 0.117 e. The van der Waals surface area contributed by atoms with E-state index in [9.17, 15) is 0 Å². The second-order valence-electron chi connectivity index (χ2n) is 5.67. The number of nitrogens with zero attached hydrogens (tertiary/aromatic N) is 2. The second kappa shape index (κ2) is 5.92. The smallest absolute Gasteiger partial charge is 0.117 e. The number of hydrogen-bond acceptors (Lipinski definition) is 3. The van der Waals surface area contributed by atoms with Crippen LogP contribution in [0, 0.1) is 13.8 Å². The Morgan fingerprint density at radius 2 is 1.80 bits per heavy atom. The van der Waals surface area contributed by atoms with Gasteiger partial charge in [0.15, 0.2) is 0 Å². The minimum Gasteiger partial charge on any atom is -0.395 e. The van der Waals surface area contributed by atoms with E-state index in [0.29, 0.717) is 5.92 Å². The third kappa shape index (κ3) is 3.18. The van der Waals surface area contributed by atoms with Gasteiger partial charge in [0.25, 0.3) is 0 Å². The van der Waals surface area contributed by atoms with Gasteiger partial charge in [0.2, 0.25) is 0 Å². The zero-order valence-corrected chi connectivity index (χ0v) is 13.7. The molecule has 0 spiro atoms. The van der Waals surface area contributed by atoms with Crippen molar-refractivity contribution in [1.29, 1.82) is 0 Å². The van der Waals surface area contributed by atoms with Gasteiger partial charge in [-0.25, -0.2) is 0 Å². The van der Waals surface area contributed by atoms with Gasteiger partial charge < -0.3 is 5.73 Å². The largest absolute Gasteiger partial charge is 0.395 e. The number of rotatable bonds is 4. The predicted octanol–water partition coefficient (Wildman–Crippen LogP) is 4.03. The quantitative estimate of drug-likeness (QED) is 0.864. The van der Waals surface area contributed by atoms with Crippen molar-refractivity contribution in [3.63, 3.8) is 0 Å². The number of nitrogens with two attached hydrogens (primary N) is 1. The first-order valence-electron chi connectivity index (χ1n) is 6.90. The van der Waals surface area contributed by atoms with E-state index in [1.54, 1.807) is 11.8 Å². The van der Waals surface area contributed by atoms with Crippen molar-refractivity contribution in [2.45, 2.75) is 44.4 Å². The van der Waals surface area contributed by atoms with E-state index in [-0.39, 0.29) is 0 Å². The molecule has 2 aromatic rings. The summed E-state index contributed by atoms with van der Waals surface area (Å²) < 4.78 is 1.90. The van der Waals surface area contributed by atoms with E-state index < -0.39 is 0 Å². The molecule has 0 aliphatic rings. The Morgan fingerprint density at radius 1 is 1.20 bits per heavy atom. The molecule has 0 saturated carbocycles. The molecule has 0 saturated heterocycles. The normalized spacial score (nSPS) is 11.3. The van der Waals surface area contributed by atoms with Crippen molar-refractivity contribution in [3.8, 4) is 0 Å². The Kier molecular flexibility index (Phi) is 4.43. The lowest BCUT2D eigenvalue weighted by molar-refractivity contribution is 0.671. The third-order valence-electron chi connectivity index (χ3n) is 3.26. The minimum absolute atomic E-state index is 0.358. The summed E-state index contributed by atoms with van der Waals surface area (Å²) in [6.45, 7) is 8.51. The SMILES string of the molecule is Cc1cc(C)cc(CSc2c(N)c(C(C)C)nn2C)c1. The summed E-state index contributed by atoms with van der Waals surface area (Å²) in [5.41, 5.74) is 12.0. The van der Waals surface area contributed by atoms with Gasteiger partial charge in [0.1, 0.15) is 5.03 Å². The molecule has 3 nitrogen and oxygen atoms in total. The molecule has 4 heteroatoms. The van der Waals surface area contributed by atoms with Gasteiger partial charge in [-0.05, 0) is 25.3 Å². The van der Waals surface area contributed by atoms with E-state index >= 15 is 0 Å². The number of aromatic nitrogens is 2. The average molecular weight is 289 g/mol. The zero-order valence-electron chi connectivity index (χ0n) is 12.9. The number of nitrogen functional groups attached to an aromatic ring is 1. The van der Waals surface area contributed by atoms with Crippen LogP contribution in [0.4, 0.5) is 5.69 Å². The highest BCUT2D eigenvalue weighted by molar-refractivity contribution is 7.98. The summed E-state index contributed by atoms with van der Waals surface area (Å²) in [7, 11) is 1.96. The molecule has 0 radical (unpaired) electrons. The fraction of sp³-hybridized carbons (Fsp3) is 0.438. The molecule has 0 fully saturated rings. The fourth-order valence-electron chi connectivity index (χ4n) is 2.45. The first-order chi connectivity index (χ1) is 9.38. The molecular formula is C16H23N3S. The van der Waals surface area contributed by atoms with Gasteiger partial charge >= 0.3 is 0 Å². The highest BCUT2D eigenvalue weighted by Gasteiger charge is 2.16. The summed E-state index contributed by atoms with van der Waals surface area (Å²) in [4.78, 5) is 0. The maximum atomic E-state index is 6.22. The van der Waals surface area contributed by atoms with Crippen LogP contribution in [0.15, 0.2) is 23.2 Å². The van der Waals surface area contributed by atoms with Gasteiger partial charge in [-0.1, -0.05) is 54.9 Å². The Hall–Kier alpha value is -1.42. The van der Waals surface area contributed by atoms with Crippen molar-refractivity contribution < 1.29 is 0 Å². The highest BCUT2D eigenvalue weighted by Crippen LogP contribution is 2.33. The van der Waals surface area contributed by atoms with E-state index in [1.807, 2.05) is 11.7 Å². The van der Waals surface area contributed by atoms with Crippen molar-refractivity contribution in [2.75, 3.05) is 5.73 Å². The molecule has 1 heterocycles. The van der Waals surface area contributed by atoms with Gasteiger partial charge in [0, 0.05) is 12.8 Å². The van der Waals surface area contributed by atoms with Crippen molar-refractivity contribution in [1.82, 2.24) is 9.78 Å². The molecule has 2 rings (SSSR count). The molecule has 0 aliphatic carbocycles. The number of hydrogen-bond donors (Lipinski definition) is 1. The lowest BCUT2D eigenvalue weighted by atomic mass is 10.1. The van der Waals surface area contributed by atoms with Crippen LogP contribution in [0.25, 0.3) is 0 Å². The minimum atomic E-state index is 0.358. The number of benzene rings is 1. The molecule has 1 aromatic heterocycles. The second-order valence-corrected chi connectivity index (χ2v) is 6.63. The molecule has 0 unspecified atom stereocenters. The van der Waals surface area contributed by atoms with Crippen molar-refractivity contribution in [2.24, 2.45) is 7.05 Å². The summed E-state index contributed by atoms with van der Waals surface area (Å²) in [6.07, 6.45) is 0. The van der Waals surface area contributed by atoms with Crippen LogP contribution in [0.2, 0.25) is 0 Å². The van der Waals surface area contributed by atoms with Crippen molar-refractivity contribution >= 4 is 17.4 Å². The summed E-state index contributed by atoms with van der Waals surface area (Å²) >= 11 is 1.76. The van der Waals surface area contributed by atoms with Gasteiger partial charge in [0.05, 0.1) is 11.4 Å². The fourth-order valence-corrected chi connectivity index (χ4v) is 3.40. The van der Waals surface area contributed by atoms with Crippen LogP contribution in [0.1, 0.15) is 42.1 Å². The Morgan fingerprint density at radius 3 is 2.30 bits per heavy atom. The molecule has 20 heavy (non-hydrogen) atoms. The van der Waals surface area contributed by atoms with Crippen LogP contribution in [0.5, 0.6) is 0 Å². The number of anilines is 1. The predicted molar refractivity (Wildman–Crippen MR) is 87.2 cm³/mol. The molecule has 108 valence electrons. The Balaban J connectivity index is 2.19. The topological polar surface area (TPSA) is 43.8 Å². The Bertz CT molecular complexity index is 594. The number of thioether (sulfide) groups is 1. The maximum absolute atomic E-state index is 6.22. The molecule has 0 amide bonds. The first kappa shape index (κ1) is 15.0.